The first-order chi connectivity index (χ1) is 7.65. The Labute approximate surface area is 101 Å². The van der Waals surface area contributed by atoms with Gasteiger partial charge in [0.15, 0.2) is 0 Å². The summed E-state index contributed by atoms with van der Waals surface area (Å²) in [6.07, 6.45) is 2.07. The van der Waals surface area contributed by atoms with Crippen molar-refractivity contribution in [2.45, 2.75) is 31.8 Å². The minimum atomic E-state index is -0.459. The van der Waals surface area contributed by atoms with Gasteiger partial charge in [0.05, 0.1) is 0 Å². The Morgan fingerprint density at radius 3 is 2.81 bits per heavy atom. The van der Waals surface area contributed by atoms with Crippen LogP contribution >= 0.6 is 11.6 Å². The van der Waals surface area contributed by atoms with Crippen LogP contribution in [0.5, 0.6) is 0 Å². The normalized spacial score (nSPS) is 24.5. The molecule has 0 saturated carbocycles. The highest BCUT2D eigenvalue weighted by Gasteiger charge is 2.38. The summed E-state index contributed by atoms with van der Waals surface area (Å²) in [6, 6.07) is 8.05. The number of alkyl halides is 1. The molecular weight excluding hydrogens is 224 g/mol. The van der Waals surface area contributed by atoms with Crippen LogP contribution in [-0.4, -0.2) is 11.8 Å². The van der Waals surface area contributed by atoms with Crippen molar-refractivity contribution >= 4 is 17.6 Å². The zero-order chi connectivity index (χ0) is 11.6. The van der Waals surface area contributed by atoms with E-state index in [2.05, 4.69) is 6.07 Å². The number of benzene rings is 1. The van der Waals surface area contributed by atoms with Crippen molar-refractivity contribution in [1.29, 1.82) is 0 Å². The molecule has 2 nitrogen and oxygen atoms in total. The predicted molar refractivity (Wildman–Crippen MR) is 63.5 cm³/mol. The van der Waals surface area contributed by atoms with Crippen LogP contribution in [0.3, 0.4) is 0 Å². The Hall–Kier alpha value is -1.02. The molecule has 0 amide bonds. The number of rotatable bonds is 3. The molecule has 1 aliphatic heterocycles. The molecule has 0 aliphatic carbocycles. The van der Waals surface area contributed by atoms with Gasteiger partial charge >= 0.3 is 5.97 Å². The van der Waals surface area contributed by atoms with Gasteiger partial charge in [0.1, 0.15) is 5.60 Å². The maximum absolute atomic E-state index is 11.3. The van der Waals surface area contributed by atoms with E-state index in [1.165, 1.54) is 5.56 Å². The van der Waals surface area contributed by atoms with E-state index in [9.17, 15) is 4.79 Å². The number of esters is 1. The van der Waals surface area contributed by atoms with Crippen LogP contribution in [0.4, 0.5) is 0 Å². The van der Waals surface area contributed by atoms with Crippen LogP contribution in [0, 0.1) is 0 Å². The Balaban J connectivity index is 2.35. The molecule has 0 spiro atoms. The Morgan fingerprint density at radius 2 is 2.19 bits per heavy atom. The van der Waals surface area contributed by atoms with Gasteiger partial charge in [0, 0.05) is 18.7 Å². The third-order valence-electron chi connectivity index (χ3n) is 3.10. The fraction of sp³-hybridized carbons (Fsp3) is 0.462. The summed E-state index contributed by atoms with van der Waals surface area (Å²) in [7, 11) is 0. The molecule has 1 aliphatic rings. The second kappa shape index (κ2) is 4.46. The highest BCUT2D eigenvalue weighted by Crippen LogP contribution is 2.38. The Morgan fingerprint density at radius 1 is 1.44 bits per heavy atom. The van der Waals surface area contributed by atoms with Crippen LogP contribution in [0.25, 0.3) is 0 Å². The highest BCUT2D eigenvalue weighted by atomic mass is 35.5. The molecule has 3 heteroatoms. The second-order valence-corrected chi connectivity index (χ2v) is 4.68. The number of ether oxygens (including phenoxy) is 1. The van der Waals surface area contributed by atoms with Crippen LogP contribution in [0.1, 0.15) is 30.9 Å². The molecule has 0 aromatic heterocycles. The van der Waals surface area contributed by atoms with Crippen LogP contribution < -0.4 is 0 Å². The van der Waals surface area contributed by atoms with Crippen molar-refractivity contribution < 1.29 is 9.53 Å². The summed E-state index contributed by atoms with van der Waals surface area (Å²) in [4.78, 5) is 11.3. The number of hydrogen-bond donors (Lipinski definition) is 0. The number of carbonyl (C=O) groups is 1. The van der Waals surface area contributed by atoms with E-state index in [-0.39, 0.29) is 5.97 Å². The molecule has 1 aromatic rings. The van der Waals surface area contributed by atoms with Crippen molar-refractivity contribution in [1.82, 2.24) is 0 Å². The van der Waals surface area contributed by atoms with Gasteiger partial charge in [-0.1, -0.05) is 24.3 Å². The number of halogens is 1. The minimum Gasteiger partial charge on any atom is -0.454 e. The lowest BCUT2D eigenvalue weighted by molar-refractivity contribution is -0.147. The lowest BCUT2D eigenvalue weighted by Crippen LogP contribution is -2.22. The molecule has 1 atom stereocenters. The molecule has 1 unspecified atom stereocenters. The van der Waals surface area contributed by atoms with E-state index in [1.54, 1.807) is 0 Å². The average Bonchev–Trinajstić information content (AvgIpc) is 2.61. The van der Waals surface area contributed by atoms with Crippen molar-refractivity contribution in [3.63, 3.8) is 0 Å². The van der Waals surface area contributed by atoms with Gasteiger partial charge in [-0.05, 0) is 24.5 Å². The summed E-state index contributed by atoms with van der Waals surface area (Å²) in [6.45, 7) is 1.98. The summed E-state index contributed by atoms with van der Waals surface area (Å²) in [5.74, 6) is 0.476. The topological polar surface area (TPSA) is 26.3 Å². The van der Waals surface area contributed by atoms with Gasteiger partial charge in [-0.3, -0.25) is 4.79 Å². The van der Waals surface area contributed by atoms with Gasteiger partial charge in [0.25, 0.3) is 0 Å². The number of carbonyl (C=O) groups excluding carboxylic acids is 1. The van der Waals surface area contributed by atoms with Gasteiger partial charge in [-0.25, -0.2) is 0 Å². The summed E-state index contributed by atoms with van der Waals surface area (Å²) >= 11 is 5.78. The van der Waals surface area contributed by atoms with Crippen molar-refractivity contribution in [3.05, 3.63) is 35.4 Å². The maximum Gasteiger partial charge on any atom is 0.306 e. The standard InChI is InChI=1S/C13H15ClO2/c1-13(8-6-12(15)16-13)11-5-3-2-4-10(11)7-9-14/h2-5H,6-9H2,1H3. The quantitative estimate of drug-likeness (QED) is 0.598. The predicted octanol–water partition coefficient (Wildman–Crippen LogP) is 3.02. The lowest BCUT2D eigenvalue weighted by Gasteiger charge is -2.25. The van der Waals surface area contributed by atoms with E-state index in [0.29, 0.717) is 12.3 Å². The lowest BCUT2D eigenvalue weighted by atomic mass is 9.88. The summed E-state index contributed by atoms with van der Waals surface area (Å²) in [5, 5.41) is 0. The van der Waals surface area contributed by atoms with Gasteiger partial charge in [-0.2, -0.15) is 0 Å². The molecule has 86 valence electrons. The fourth-order valence-electron chi connectivity index (χ4n) is 2.24. The molecule has 1 fully saturated rings. The third kappa shape index (κ3) is 2.07. The number of aryl methyl sites for hydroxylation is 1. The summed E-state index contributed by atoms with van der Waals surface area (Å²) in [5.41, 5.74) is 1.82. The smallest absolute Gasteiger partial charge is 0.306 e. The molecular formula is C13H15ClO2. The number of hydrogen-bond acceptors (Lipinski definition) is 2. The van der Waals surface area contributed by atoms with Gasteiger partial charge in [-0.15, -0.1) is 11.6 Å². The van der Waals surface area contributed by atoms with E-state index < -0.39 is 5.60 Å². The second-order valence-electron chi connectivity index (χ2n) is 4.30. The maximum atomic E-state index is 11.3. The summed E-state index contributed by atoms with van der Waals surface area (Å²) < 4.78 is 5.44. The molecule has 2 rings (SSSR count). The zero-order valence-electron chi connectivity index (χ0n) is 9.33. The van der Waals surface area contributed by atoms with Crippen LogP contribution in [0.15, 0.2) is 24.3 Å². The Kier molecular flexibility index (Phi) is 3.20. The van der Waals surface area contributed by atoms with Crippen molar-refractivity contribution in [3.8, 4) is 0 Å². The number of cyclic esters (lactones) is 1. The molecule has 1 aromatic carbocycles. The minimum absolute atomic E-state index is 0.108. The molecule has 16 heavy (non-hydrogen) atoms. The van der Waals surface area contributed by atoms with Crippen molar-refractivity contribution in [2.24, 2.45) is 0 Å². The molecule has 1 saturated heterocycles. The SMILES string of the molecule is CC1(c2ccccc2CCCl)CCC(=O)O1. The average molecular weight is 239 g/mol. The van der Waals surface area contributed by atoms with Crippen molar-refractivity contribution in [2.75, 3.05) is 5.88 Å². The van der Waals surface area contributed by atoms with E-state index in [4.69, 9.17) is 16.3 Å². The molecule has 0 radical (unpaired) electrons. The van der Waals surface area contributed by atoms with Crippen LogP contribution in [-0.2, 0) is 21.6 Å². The molecule has 0 N–H and O–H groups in total. The third-order valence-corrected chi connectivity index (χ3v) is 3.29. The van der Waals surface area contributed by atoms with Gasteiger partial charge in [0.2, 0.25) is 0 Å². The van der Waals surface area contributed by atoms with E-state index >= 15 is 0 Å². The molecule has 0 bridgehead atoms. The fourth-order valence-corrected chi connectivity index (χ4v) is 2.44. The zero-order valence-corrected chi connectivity index (χ0v) is 10.1. The first kappa shape index (κ1) is 11.5. The van der Waals surface area contributed by atoms with E-state index in [0.717, 1.165) is 18.4 Å². The first-order valence-electron chi connectivity index (χ1n) is 5.52. The van der Waals surface area contributed by atoms with Crippen LogP contribution in [0.2, 0.25) is 0 Å². The molecule has 1 heterocycles. The largest absolute Gasteiger partial charge is 0.454 e. The highest BCUT2D eigenvalue weighted by molar-refractivity contribution is 6.18. The monoisotopic (exact) mass is 238 g/mol. The van der Waals surface area contributed by atoms with Gasteiger partial charge < -0.3 is 4.74 Å². The van der Waals surface area contributed by atoms with E-state index in [1.807, 2.05) is 25.1 Å². The Bertz CT molecular complexity index is 403. The first-order valence-corrected chi connectivity index (χ1v) is 6.05.